The summed E-state index contributed by atoms with van der Waals surface area (Å²) in [5.74, 6) is 0.0956. The van der Waals surface area contributed by atoms with E-state index in [9.17, 15) is 4.39 Å². The molecule has 1 heterocycles. The second-order valence-electron chi connectivity index (χ2n) is 4.71. The molecule has 1 saturated heterocycles. The van der Waals surface area contributed by atoms with Crippen LogP contribution in [0.1, 0.15) is 18.4 Å². The maximum Gasteiger partial charge on any atom is 0.124 e. The fourth-order valence-electron chi connectivity index (χ4n) is 2.32. The number of thiocarbonyl (C=S) groups is 1. The van der Waals surface area contributed by atoms with Gasteiger partial charge < -0.3 is 5.73 Å². The molecule has 2 rings (SSSR count). The van der Waals surface area contributed by atoms with E-state index in [1.807, 2.05) is 6.07 Å². The van der Waals surface area contributed by atoms with E-state index in [2.05, 4.69) is 20.8 Å². The maximum absolute atomic E-state index is 13.0. The van der Waals surface area contributed by atoms with Crippen molar-refractivity contribution in [1.29, 1.82) is 0 Å². The smallest absolute Gasteiger partial charge is 0.124 e. The highest BCUT2D eigenvalue weighted by Gasteiger charge is 2.22. The van der Waals surface area contributed by atoms with Gasteiger partial charge in [-0.1, -0.05) is 34.2 Å². The van der Waals surface area contributed by atoms with Crippen LogP contribution in [0.4, 0.5) is 4.39 Å². The SMILES string of the molecule is NC(=S)C1CCCN(Cc2ccc(F)cc2Br)C1. The molecule has 1 aliphatic heterocycles. The zero-order valence-electron chi connectivity index (χ0n) is 10.0. The van der Waals surface area contributed by atoms with Crippen molar-refractivity contribution in [3.63, 3.8) is 0 Å². The molecule has 1 fully saturated rings. The number of rotatable bonds is 3. The van der Waals surface area contributed by atoms with Gasteiger partial charge in [-0.15, -0.1) is 0 Å². The molecule has 0 spiro atoms. The van der Waals surface area contributed by atoms with E-state index in [0.29, 0.717) is 10.9 Å². The number of hydrogen-bond acceptors (Lipinski definition) is 2. The monoisotopic (exact) mass is 330 g/mol. The Morgan fingerprint density at radius 1 is 1.56 bits per heavy atom. The van der Waals surface area contributed by atoms with Crippen molar-refractivity contribution in [3.8, 4) is 0 Å². The summed E-state index contributed by atoms with van der Waals surface area (Å²) in [5.41, 5.74) is 6.82. The summed E-state index contributed by atoms with van der Waals surface area (Å²) in [6.45, 7) is 2.75. The zero-order chi connectivity index (χ0) is 13.1. The molecule has 0 aromatic heterocycles. The number of halogens is 2. The van der Waals surface area contributed by atoms with Crippen LogP contribution in [0.2, 0.25) is 0 Å². The molecule has 1 aromatic rings. The molecule has 1 unspecified atom stereocenters. The van der Waals surface area contributed by atoms with Gasteiger partial charge in [-0.25, -0.2) is 4.39 Å². The summed E-state index contributed by atoms with van der Waals surface area (Å²) in [6.07, 6.45) is 2.19. The molecule has 2 nitrogen and oxygen atoms in total. The van der Waals surface area contributed by atoms with E-state index < -0.39 is 0 Å². The van der Waals surface area contributed by atoms with Gasteiger partial charge in [0.05, 0.1) is 4.99 Å². The van der Waals surface area contributed by atoms with Gasteiger partial charge in [-0.3, -0.25) is 4.90 Å². The third-order valence-corrected chi connectivity index (χ3v) is 4.39. The van der Waals surface area contributed by atoms with Gasteiger partial charge >= 0.3 is 0 Å². The number of nitrogens with zero attached hydrogens (tertiary/aromatic N) is 1. The molecule has 0 aliphatic carbocycles. The number of nitrogens with two attached hydrogens (primary N) is 1. The number of likely N-dealkylation sites (tertiary alicyclic amines) is 1. The third kappa shape index (κ3) is 3.49. The Hall–Kier alpha value is -0.520. The lowest BCUT2D eigenvalue weighted by Gasteiger charge is -2.32. The lowest BCUT2D eigenvalue weighted by molar-refractivity contribution is 0.197. The maximum atomic E-state index is 13.0. The van der Waals surface area contributed by atoms with Crippen molar-refractivity contribution < 1.29 is 4.39 Å². The first-order chi connectivity index (χ1) is 8.56. The van der Waals surface area contributed by atoms with Crippen molar-refractivity contribution in [2.75, 3.05) is 13.1 Å². The second kappa shape index (κ2) is 6.08. The highest BCUT2D eigenvalue weighted by molar-refractivity contribution is 9.10. The molecular weight excluding hydrogens is 315 g/mol. The predicted octanol–water partition coefficient (Wildman–Crippen LogP) is 3.09. The van der Waals surface area contributed by atoms with Gasteiger partial charge in [-0.2, -0.15) is 0 Å². The first-order valence-corrected chi connectivity index (χ1v) is 7.22. The Kier molecular flexibility index (Phi) is 4.70. The topological polar surface area (TPSA) is 29.3 Å². The number of piperidine rings is 1. The second-order valence-corrected chi connectivity index (χ2v) is 6.04. The van der Waals surface area contributed by atoms with E-state index in [4.69, 9.17) is 18.0 Å². The Bertz CT molecular complexity index is 453. The summed E-state index contributed by atoms with van der Waals surface area (Å²) in [7, 11) is 0. The molecular formula is C13H16BrFN2S. The van der Waals surface area contributed by atoms with Gasteiger partial charge in [0, 0.05) is 23.5 Å². The molecule has 0 saturated carbocycles. The van der Waals surface area contributed by atoms with Crippen LogP contribution in [0.15, 0.2) is 22.7 Å². The summed E-state index contributed by atoms with van der Waals surface area (Å²) < 4.78 is 13.8. The van der Waals surface area contributed by atoms with Crippen LogP contribution in [-0.4, -0.2) is 23.0 Å². The fourth-order valence-corrected chi connectivity index (χ4v) is 2.99. The van der Waals surface area contributed by atoms with Gasteiger partial charge in [0.25, 0.3) is 0 Å². The highest BCUT2D eigenvalue weighted by atomic mass is 79.9. The van der Waals surface area contributed by atoms with Gasteiger partial charge in [0.1, 0.15) is 5.82 Å². The average molecular weight is 331 g/mol. The van der Waals surface area contributed by atoms with Crippen molar-refractivity contribution in [1.82, 2.24) is 4.90 Å². The predicted molar refractivity (Wildman–Crippen MR) is 78.9 cm³/mol. The van der Waals surface area contributed by atoms with Crippen LogP contribution in [0.25, 0.3) is 0 Å². The van der Waals surface area contributed by atoms with E-state index in [1.165, 1.54) is 12.1 Å². The van der Waals surface area contributed by atoms with E-state index in [0.717, 1.165) is 42.5 Å². The van der Waals surface area contributed by atoms with Gasteiger partial charge in [0.15, 0.2) is 0 Å². The van der Waals surface area contributed by atoms with E-state index in [-0.39, 0.29) is 5.82 Å². The standard InChI is InChI=1S/C13H16BrFN2S/c14-12-6-11(15)4-3-9(12)7-17-5-1-2-10(8-17)13(16)18/h3-4,6,10H,1-2,5,7-8H2,(H2,16,18). The Labute approximate surface area is 120 Å². The third-order valence-electron chi connectivity index (χ3n) is 3.32. The van der Waals surface area contributed by atoms with Crippen LogP contribution in [0.3, 0.4) is 0 Å². The Balaban J connectivity index is 2.02. The summed E-state index contributed by atoms with van der Waals surface area (Å²) >= 11 is 8.47. The van der Waals surface area contributed by atoms with Crippen LogP contribution in [0.5, 0.6) is 0 Å². The van der Waals surface area contributed by atoms with Crippen molar-refractivity contribution in [2.24, 2.45) is 11.7 Å². The number of benzene rings is 1. The molecule has 0 amide bonds. The normalized spacial score (nSPS) is 20.9. The average Bonchev–Trinajstić information content (AvgIpc) is 2.33. The van der Waals surface area contributed by atoms with Gasteiger partial charge in [-0.05, 0) is 37.1 Å². The lowest BCUT2D eigenvalue weighted by Crippen LogP contribution is -2.40. The zero-order valence-corrected chi connectivity index (χ0v) is 12.4. The minimum atomic E-state index is -0.217. The first-order valence-electron chi connectivity index (χ1n) is 6.02. The fraction of sp³-hybridized carbons (Fsp3) is 0.462. The van der Waals surface area contributed by atoms with Crippen LogP contribution < -0.4 is 5.73 Å². The molecule has 1 aliphatic rings. The molecule has 18 heavy (non-hydrogen) atoms. The summed E-state index contributed by atoms with van der Waals surface area (Å²) in [6, 6.07) is 4.82. The van der Waals surface area contributed by atoms with Gasteiger partial charge in [0.2, 0.25) is 0 Å². The van der Waals surface area contributed by atoms with E-state index >= 15 is 0 Å². The first kappa shape index (κ1) is 13.9. The highest BCUT2D eigenvalue weighted by Crippen LogP contribution is 2.23. The molecule has 5 heteroatoms. The van der Waals surface area contributed by atoms with Crippen molar-refractivity contribution >= 4 is 33.1 Å². The molecule has 1 atom stereocenters. The minimum absolute atomic E-state index is 0.217. The largest absolute Gasteiger partial charge is 0.393 e. The van der Waals surface area contributed by atoms with Crippen molar-refractivity contribution in [3.05, 3.63) is 34.1 Å². The van der Waals surface area contributed by atoms with E-state index in [1.54, 1.807) is 0 Å². The van der Waals surface area contributed by atoms with Crippen LogP contribution in [-0.2, 0) is 6.54 Å². The molecule has 0 bridgehead atoms. The van der Waals surface area contributed by atoms with Crippen LogP contribution in [0, 0.1) is 11.7 Å². The number of hydrogen-bond donors (Lipinski definition) is 1. The lowest BCUT2D eigenvalue weighted by atomic mass is 9.97. The minimum Gasteiger partial charge on any atom is -0.393 e. The molecule has 2 N–H and O–H groups in total. The Morgan fingerprint density at radius 2 is 2.33 bits per heavy atom. The van der Waals surface area contributed by atoms with Crippen molar-refractivity contribution in [2.45, 2.75) is 19.4 Å². The van der Waals surface area contributed by atoms with Crippen LogP contribution >= 0.6 is 28.1 Å². The molecule has 0 radical (unpaired) electrons. The summed E-state index contributed by atoms with van der Waals surface area (Å²) in [5, 5.41) is 0. The quantitative estimate of drug-likeness (QED) is 0.863. The Morgan fingerprint density at radius 3 is 3.00 bits per heavy atom. The molecule has 1 aromatic carbocycles. The summed E-state index contributed by atoms with van der Waals surface area (Å²) in [4.78, 5) is 2.93. The molecule has 98 valence electrons.